The topological polar surface area (TPSA) is 29.3 Å². The molecule has 1 saturated heterocycles. The fourth-order valence-electron chi connectivity index (χ4n) is 3.61. The average Bonchev–Trinajstić information content (AvgIpc) is 2.59. The van der Waals surface area contributed by atoms with Crippen LogP contribution in [0.4, 0.5) is 0 Å². The maximum Gasteiger partial charge on any atom is 0.0505 e. The summed E-state index contributed by atoms with van der Waals surface area (Å²) >= 11 is 0. The molecule has 2 heteroatoms. The van der Waals surface area contributed by atoms with Gasteiger partial charge in [-0.05, 0) is 49.8 Å². The Labute approximate surface area is 118 Å². The average molecular weight is 260 g/mol. The molecule has 2 nitrogen and oxygen atoms in total. The minimum Gasteiger partial charge on any atom is -0.326 e. The number of nitrogens with two attached hydrogens (primary N) is 1. The molecule has 0 radical (unpaired) electrons. The molecule has 19 heavy (non-hydrogen) atoms. The van der Waals surface area contributed by atoms with Crippen molar-refractivity contribution >= 4 is 0 Å². The highest BCUT2D eigenvalue weighted by Crippen LogP contribution is 2.35. The maximum absolute atomic E-state index is 6.41. The van der Waals surface area contributed by atoms with Crippen molar-refractivity contribution in [2.75, 3.05) is 13.1 Å². The van der Waals surface area contributed by atoms with Gasteiger partial charge in [0.2, 0.25) is 0 Å². The molecule has 0 saturated carbocycles. The van der Waals surface area contributed by atoms with Crippen molar-refractivity contribution in [3.63, 3.8) is 0 Å². The molecular weight excluding hydrogens is 232 g/mol. The van der Waals surface area contributed by atoms with E-state index in [0.29, 0.717) is 12.0 Å². The Balaban J connectivity index is 2.37. The summed E-state index contributed by atoms with van der Waals surface area (Å²) in [6.45, 7) is 13.5. The Bertz CT molecular complexity index is 428. The highest BCUT2D eigenvalue weighted by Gasteiger charge is 2.34. The van der Waals surface area contributed by atoms with Crippen molar-refractivity contribution in [2.45, 2.75) is 53.1 Å². The number of benzene rings is 1. The smallest absolute Gasteiger partial charge is 0.0505 e. The highest BCUT2D eigenvalue weighted by molar-refractivity contribution is 5.41. The first-order valence-corrected chi connectivity index (χ1v) is 7.47. The molecule has 0 aliphatic carbocycles. The molecule has 1 heterocycles. The lowest BCUT2D eigenvalue weighted by Gasteiger charge is -2.31. The first-order valence-electron chi connectivity index (χ1n) is 7.47. The van der Waals surface area contributed by atoms with Gasteiger partial charge in [-0.3, -0.25) is 4.90 Å². The molecule has 0 spiro atoms. The quantitative estimate of drug-likeness (QED) is 0.903. The molecule has 106 valence electrons. The lowest BCUT2D eigenvalue weighted by atomic mass is 9.90. The summed E-state index contributed by atoms with van der Waals surface area (Å²) in [7, 11) is 0. The van der Waals surface area contributed by atoms with Gasteiger partial charge in [-0.2, -0.15) is 0 Å². The summed E-state index contributed by atoms with van der Waals surface area (Å²) in [6, 6.07) is 5.27. The number of likely N-dealkylation sites (tertiary alicyclic amines) is 1. The zero-order valence-electron chi connectivity index (χ0n) is 13.0. The van der Waals surface area contributed by atoms with Crippen LogP contribution >= 0.6 is 0 Å². The number of hydrogen-bond donors (Lipinski definition) is 1. The Kier molecular flexibility index (Phi) is 4.32. The van der Waals surface area contributed by atoms with Crippen molar-refractivity contribution < 1.29 is 0 Å². The van der Waals surface area contributed by atoms with Gasteiger partial charge in [0.1, 0.15) is 0 Å². The summed E-state index contributed by atoms with van der Waals surface area (Å²) in [5.74, 6) is 0.693. The van der Waals surface area contributed by atoms with Crippen molar-refractivity contribution in [1.29, 1.82) is 0 Å². The molecule has 1 aliphatic heterocycles. The third-order valence-corrected chi connectivity index (χ3v) is 4.18. The molecule has 1 aliphatic rings. The summed E-state index contributed by atoms with van der Waals surface area (Å²) in [6.07, 6.45) is 1.12. The van der Waals surface area contributed by atoms with Gasteiger partial charge in [-0.25, -0.2) is 0 Å². The van der Waals surface area contributed by atoms with Gasteiger partial charge in [-0.15, -0.1) is 0 Å². The normalized spacial score (nSPS) is 24.4. The molecule has 0 amide bonds. The molecule has 1 aromatic carbocycles. The molecule has 2 unspecified atom stereocenters. The van der Waals surface area contributed by atoms with Crippen molar-refractivity contribution in [2.24, 2.45) is 11.7 Å². The minimum absolute atomic E-state index is 0.277. The van der Waals surface area contributed by atoms with Gasteiger partial charge in [0, 0.05) is 19.1 Å². The monoisotopic (exact) mass is 260 g/mol. The standard InChI is InChI=1S/C17H28N2/c1-11(2)10-19-7-6-15(18)17(19)16-13(4)8-12(3)9-14(16)5/h8-9,11,15,17H,6-7,10,18H2,1-5H3. The predicted octanol–water partition coefficient (Wildman–Crippen LogP) is 3.34. The third kappa shape index (κ3) is 3.01. The van der Waals surface area contributed by atoms with E-state index in [1.165, 1.54) is 22.3 Å². The van der Waals surface area contributed by atoms with Crippen LogP contribution in [-0.4, -0.2) is 24.0 Å². The van der Waals surface area contributed by atoms with Crippen molar-refractivity contribution in [3.05, 3.63) is 34.4 Å². The van der Waals surface area contributed by atoms with Crippen LogP contribution in [0, 0.1) is 26.7 Å². The van der Waals surface area contributed by atoms with Crippen LogP contribution in [0.3, 0.4) is 0 Å². The molecule has 2 atom stereocenters. The van der Waals surface area contributed by atoms with Gasteiger partial charge in [0.05, 0.1) is 6.04 Å². The van der Waals surface area contributed by atoms with E-state index in [0.717, 1.165) is 19.5 Å². The van der Waals surface area contributed by atoms with Crippen molar-refractivity contribution in [1.82, 2.24) is 4.90 Å². The first-order chi connectivity index (χ1) is 8.90. The van der Waals surface area contributed by atoms with Crippen LogP contribution in [-0.2, 0) is 0 Å². The highest BCUT2D eigenvalue weighted by atomic mass is 15.2. The Hall–Kier alpha value is -0.860. The van der Waals surface area contributed by atoms with Gasteiger partial charge >= 0.3 is 0 Å². The number of aryl methyl sites for hydroxylation is 3. The Morgan fingerprint density at radius 3 is 2.32 bits per heavy atom. The molecule has 0 aromatic heterocycles. The zero-order chi connectivity index (χ0) is 14.2. The van der Waals surface area contributed by atoms with Gasteiger partial charge in [-0.1, -0.05) is 31.5 Å². The van der Waals surface area contributed by atoms with Gasteiger partial charge in [0.15, 0.2) is 0 Å². The predicted molar refractivity (Wildman–Crippen MR) is 82.4 cm³/mol. The fourth-order valence-corrected chi connectivity index (χ4v) is 3.61. The SMILES string of the molecule is Cc1cc(C)c(C2C(N)CCN2CC(C)C)c(C)c1. The van der Waals surface area contributed by atoms with E-state index in [-0.39, 0.29) is 6.04 Å². The Morgan fingerprint density at radius 1 is 1.21 bits per heavy atom. The second kappa shape index (κ2) is 5.64. The molecular formula is C17H28N2. The van der Waals surface area contributed by atoms with E-state index in [1.54, 1.807) is 0 Å². The largest absolute Gasteiger partial charge is 0.326 e. The number of rotatable bonds is 3. The first kappa shape index (κ1) is 14.5. The van der Waals surface area contributed by atoms with E-state index in [1.807, 2.05) is 0 Å². The van der Waals surface area contributed by atoms with Crippen LogP contribution in [0.15, 0.2) is 12.1 Å². The number of hydrogen-bond acceptors (Lipinski definition) is 2. The third-order valence-electron chi connectivity index (χ3n) is 4.18. The Morgan fingerprint density at radius 2 is 1.79 bits per heavy atom. The van der Waals surface area contributed by atoms with Crippen LogP contribution in [0.25, 0.3) is 0 Å². The zero-order valence-corrected chi connectivity index (χ0v) is 13.0. The molecule has 2 rings (SSSR count). The van der Waals surface area contributed by atoms with E-state index < -0.39 is 0 Å². The summed E-state index contributed by atoms with van der Waals surface area (Å²) < 4.78 is 0. The second-order valence-electron chi connectivity index (χ2n) is 6.60. The maximum atomic E-state index is 6.41. The minimum atomic E-state index is 0.277. The van der Waals surface area contributed by atoms with Crippen LogP contribution in [0.2, 0.25) is 0 Å². The lowest BCUT2D eigenvalue weighted by molar-refractivity contribution is 0.220. The summed E-state index contributed by atoms with van der Waals surface area (Å²) in [5, 5.41) is 0. The van der Waals surface area contributed by atoms with Crippen molar-refractivity contribution in [3.8, 4) is 0 Å². The van der Waals surface area contributed by atoms with E-state index in [4.69, 9.17) is 5.73 Å². The number of nitrogens with zero attached hydrogens (tertiary/aromatic N) is 1. The summed E-state index contributed by atoms with van der Waals surface area (Å²) in [5.41, 5.74) is 12.0. The van der Waals surface area contributed by atoms with Crippen LogP contribution in [0.1, 0.15) is 48.6 Å². The van der Waals surface area contributed by atoms with Crippen LogP contribution in [0.5, 0.6) is 0 Å². The van der Waals surface area contributed by atoms with Crippen LogP contribution < -0.4 is 5.73 Å². The van der Waals surface area contributed by atoms with E-state index in [9.17, 15) is 0 Å². The van der Waals surface area contributed by atoms with E-state index >= 15 is 0 Å². The molecule has 2 N–H and O–H groups in total. The van der Waals surface area contributed by atoms with E-state index in [2.05, 4.69) is 51.7 Å². The lowest BCUT2D eigenvalue weighted by Crippen LogP contribution is -2.35. The van der Waals surface area contributed by atoms with Gasteiger partial charge in [0.25, 0.3) is 0 Å². The molecule has 1 fully saturated rings. The fraction of sp³-hybridized carbons (Fsp3) is 0.647. The molecule has 0 bridgehead atoms. The molecule has 1 aromatic rings. The second-order valence-corrected chi connectivity index (χ2v) is 6.60. The van der Waals surface area contributed by atoms with Gasteiger partial charge < -0.3 is 5.73 Å². The summed E-state index contributed by atoms with van der Waals surface area (Å²) in [4.78, 5) is 2.58.